The van der Waals surface area contributed by atoms with Crippen molar-refractivity contribution in [1.29, 1.82) is 0 Å². The minimum absolute atomic E-state index is 0.206. The number of pyridine rings is 1. The van der Waals surface area contributed by atoms with Crippen LogP contribution in [-0.4, -0.2) is 16.1 Å². The molecule has 1 N–H and O–H groups in total. The average Bonchev–Trinajstić information content (AvgIpc) is 2.61. The van der Waals surface area contributed by atoms with Crippen molar-refractivity contribution in [2.24, 2.45) is 0 Å². The van der Waals surface area contributed by atoms with Crippen molar-refractivity contribution < 1.29 is 18.0 Å². The highest BCUT2D eigenvalue weighted by molar-refractivity contribution is 7.99. The number of aromatic nitrogens is 1. The minimum atomic E-state index is -4.56. The average molecular weight is 380 g/mol. The van der Waals surface area contributed by atoms with Crippen molar-refractivity contribution in [2.75, 3.05) is 5.32 Å². The van der Waals surface area contributed by atoms with Gasteiger partial charge in [0.2, 0.25) is 5.91 Å². The van der Waals surface area contributed by atoms with Crippen molar-refractivity contribution in [1.82, 2.24) is 4.98 Å². The SMILES string of the molecule is CCC(C)Sc1ccc(NC(=O)/C=C/c2ccccn2)c(C(F)(F)F)c1. The Morgan fingerprint density at radius 2 is 2.08 bits per heavy atom. The van der Waals surface area contributed by atoms with Crippen LogP contribution in [0.3, 0.4) is 0 Å². The number of thioether (sulfide) groups is 1. The second kappa shape index (κ2) is 8.89. The van der Waals surface area contributed by atoms with Gasteiger partial charge in [-0.15, -0.1) is 11.8 Å². The van der Waals surface area contributed by atoms with Gasteiger partial charge >= 0.3 is 6.18 Å². The van der Waals surface area contributed by atoms with Gasteiger partial charge in [-0.25, -0.2) is 0 Å². The van der Waals surface area contributed by atoms with E-state index in [0.29, 0.717) is 10.6 Å². The lowest BCUT2D eigenvalue weighted by Crippen LogP contribution is -2.15. The lowest BCUT2D eigenvalue weighted by molar-refractivity contribution is -0.137. The molecule has 0 fully saturated rings. The molecule has 1 aromatic carbocycles. The molecule has 1 atom stereocenters. The van der Waals surface area contributed by atoms with E-state index in [2.05, 4.69) is 10.3 Å². The standard InChI is InChI=1S/C19H19F3N2OS/c1-3-13(2)26-15-8-9-17(16(12-15)19(20,21)22)24-18(25)10-7-14-6-4-5-11-23-14/h4-13H,3H2,1-2H3,(H,24,25)/b10-7+. The van der Waals surface area contributed by atoms with Crippen LogP contribution in [0.25, 0.3) is 6.08 Å². The summed E-state index contributed by atoms with van der Waals surface area (Å²) in [6.07, 6.45) is 0.454. The predicted octanol–water partition coefficient (Wildman–Crippen LogP) is 5.64. The third kappa shape index (κ3) is 5.91. The number of amides is 1. The highest BCUT2D eigenvalue weighted by Gasteiger charge is 2.34. The lowest BCUT2D eigenvalue weighted by atomic mass is 10.1. The molecular weight excluding hydrogens is 361 g/mol. The van der Waals surface area contributed by atoms with Crippen molar-refractivity contribution in [2.45, 2.75) is 36.6 Å². The number of anilines is 1. The van der Waals surface area contributed by atoms with Gasteiger partial charge in [-0.1, -0.05) is 19.9 Å². The first-order valence-electron chi connectivity index (χ1n) is 8.07. The summed E-state index contributed by atoms with van der Waals surface area (Å²) in [5.41, 5.74) is -0.578. The molecule has 0 bridgehead atoms. The van der Waals surface area contributed by atoms with Crippen molar-refractivity contribution >= 4 is 29.4 Å². The van der Waals surface area contributed by atoms with E-state index in [1.165, 1.54) is 23.9 Å². The zero-order valence-electron chi connectivity index (χ0n) is 14.4. The monoisotopic (exact) mass is 380 g/mol. The predicted molar refractivity (Wildman–Crippen MR) is 99.0 cm³/mol. The fourth-order valence-corrected chi connectivity index (χ4v) is 3.03. The number of halogens is 3. The molecule has 138 valence electrons. The second-order valence-electron chi connectivity index (χ2n) is 5.62. The molecule has 0 saturated heterocycles. The number of hydrogen-bond acceptors (Lipinski definition) is 3. The largest absolute Gasteiger partial charge is 0.418 e. The third-order valence-corrected chi connectivity index (χ3v) is 4.82. The molecule has 1 aromatic heterocycles. The molecule has 2 aromatic rings. The summed E-state index contributed by atoms with van der Waals surface area (Å²) in [7, 11) is 0. The molecule has 2 rings (SSSR count). The van der Waals surface area contributed by atoms with Gasteiger partial charge in [0.05, 0.1) is 16.9 Å². The molecule has 0 aliphatic rings. The number of hydrogen-bond donors (Lipinski definition) is 1. The van der Waals surface area contributed by atoms with Gasteiger partial charge in [0.15, 0.2) is 0 Å². The smallest absolute Gasteiger partial charge is 0.322 e. The molecule has 1 heterocycles. The Balaban J connectivity index is 2.19. The molecule has 3 nitrogen and oxygen atoms in total. The molecule has 0 radical (unpaired) electrons. The van der Waals surface area contributed by atoms with Crippen LogP contribution in [0.1, 0.15) is 31.5 Å². The summed E-state index contributed by atoms with van der Waals surface area (Å²) in [4.78, 5) is 16.5. The molecule has 0 spiro atoms. The Bertz CT molecular complexity index is 776. The molecule has 7 heteroatoms. The van der Waals surface area contributed by atoms with E-state index in [0.717, 1.165) is 18.6 Å². The van der Waals surface area contributed by atoms with E-state index in [4.69, 9.17) is 0 Å². The van der Waals surface area contributed by atoms with Crippen LogP contribution in [-0.2, 0) is 11.0 Å². The first kappa shape index (κ1) is 20.0. The maximum atomic E-state index is 13.4. The summed E-state index contributed by atoms with van der Waals surface area (Å²) in [6.45, 7) is 3.93. The van der Waals surface area contributed by atoms with E-state index in [9.17, 15) is 18.0 Å². The molecule has 26 heavy (non-hydrogen) atoms. The quantitative estimate of drug-likeness (QED) is 0.521. The molecule has 1 amide bonds. The van der Waals surface area contributed by atoms with Crippen LogP contribution in [0.15, 0.2) is 53.6 Å². The summed E-state index contributed by atoms with van der Waals surface area (Å²) in [6, 6.07) is 9.12. The first-order valence-corrected chi connectivity index (χ1v) is 8.95. The summed E-state index contributed by atoms with van der Waals surface area (Å²) in [5.74, 6) is -0.650. The van der Waals surface area contributed by atoms with E-state index < -0.39 is 17.6 Å². The van der Waals surface area contributed by atoms with Crippen LogP contribution in [0, 0.1) is 0 Å². The molecule has 0 aliphatic heterocycles. The maximum absolute atomic E-state index is 13.4. The number of carbonyl (C=O) groups excluding carboxylic acids is 1. The number of rotatable bonds is 6. The summed E-state index contributed by atoms with van der Waals surface area (Å²) >= 11 is 1.37. The number of benzene rings is 1. The first-order chi connectivity index (χ1) is 12.3. The molecule has 0 saturated carbocycles. The fraction of sp³-hybridized carbons (Fsp3) is 0.263. The second-order valence-corrected chi connectivity index (χ2v) is 7.13. The van der Waals surface area contributed by atoms with Crippen LogP contribution < -0.4 is 5.32 Å². The zero-order valence-corrected chi connectivity index (χ0v) is 15.2. The number of nitrogens with zero attached hydrogens (tertiary/aromatic N) is 1. The van der Waals surface area contributed by atoms with Crippen LogP contribution in [0.5, 0.6) is 0 Å². The van der Waals surface area contributed by atoms with Crippen molar-refractivity contribution in [3.8, 4) is 0 Å². The Morgan fingerprint density at radius 3 is 2.69 bits per heavy atom. The fourth-order valence-electron chi connectivity index (χ4n) is 2.07. The zero-order chi connectivity index (χ0) is 19.2. The van der Waals surface area contributed by atoms with Gasteiger partial charge in [-0.05, 0) is 42.8 Å². The van der Waals surface area contributed by atoms with Gasteiger partial charge < -0.3 is 5.32 Å². The van der Waals surface area contributed by atoms with Crippen LogP contribution >= 0.6 is 11.8 Å². The van der Waals surface area contributed by atoms with E-state index in [-0.39, 0.29) is 10.9 Å². The Hall–Kier alpha value is -2.28. The minimum Gasteiger partial charge on any atom is -0.322 e. The van der Waals surface area contributed by atoms with E-state index in [1.54, 1.807) is 30.5 Å². The summed E-state index contributed by atoms with van der Waals surface area (Å²) in [5, 5.41) is 2.51. The molecule has 1 unspecified atom stereocenters. The maximum Gasteiger partial charge on any atom is 0.418 e. The van der Waals surface area contributed by atoms with Crippen LogP contribution in [0.4, 0.5) is 18.9 Å². The van der Waals surface area contributed by atoms with Gasteiger partial charge in [0.25, 0.3) is 0 Å². The van der Waals surface area contributed by atoms with Crippen molar-refractivity contribution in [3.63, 3.8) is 0 Å². The van der Waals surface area contributed by atoms with E-state index in [1.807, 2.05) is 13.8 Å². The lowest BCUT2D eigenvalue weighted by Gasteiger charge is -2.16. The number of carbonyl (C=O) groups is 1. The Morgan fingerprint density at radius 1 is 1.31 bits per heavy atom. The van der Waals surface area contributed by atoms with Gasteiger partial charge in [-0.3, -0.25) is 9.78 Å². The highest BCUT2D eigenvalue weighted by Crippen LogP contribution is 2.38. The molecular formula is C19H19F3N2OS. The van der Waals surface area contributed by atoms with Gasteiger partial charge in [-0.2, -0.15) is 13.2 Å². The number of nitrogens with one attached hydrogen (secondary N) is 1. The Labute approximate surface area is 154 Å². The van der Waals surface area contributed by atoms with Crippen LogP contribution in [0.2, 0.25) is 0 Å². The number of alkyl halides is 3. The summed E-state index contributed by atoms with van der Waals surface area (Å²) < 4.78 is 40.1. The van der Waals surface area contributed by atoms with Gasteiger partial charge in [0.1, 0.15) is 0 Å². The Kier molecular flexibility index (Phi) is 6.85. The van der Waals surface area contributed by atoms with E-state index >= 15 is 0 Å². The normalized spacial score (nSPS) is 13.0. The highest BCUT2D eigenvalue weighted by atomic mass is 32.2. The molecule has 0 aliphatic carbocycles. The van der Waals surface area contributed by atoms with Crippen molar-refractivity contribution in [3.05, 3.63) is 59.9 Å². The third-order valence-electron chi connectivity index (χ3n) is 3.56. The topological polar surface area (TPSA) is 42.0 Å². The van der Waals surface area contributed by atoms with Gasteiger partial charge in [0, 0.05) is 22.4 Å².